The largest absolute Gasteiger partial charge is 0.480 e. The van der Waals surface area contributed by atoms with Gasteiger partial charge < -0.3 is 10.0 Å². The van der Waals surface area contributed by atoms with Crippen LogP contribution in [0.25, 0.3) is 11.6 Å². The maximum absolute atomic E-state index is 8.77. The number of allylic oxidation sites excluding steroid dienone is 1. The molecule has 0 saturated heterocycles. The second-order valence-electron chi connectivity index (χ2n) is 5.13. The number of hydrogen-bond acceptors (Lipinski definition) is 2. The lowest BCUT2D eigenvalue weighted by Gasteiger charge is -2.22. The zero-order valence-electron chi connectivity index (χ0n) is 10.6. The molecule has 0 heterocycles. The molecule has 0 bridgehead atoms. The van der Waals surface area contributed by atoms with Gasteiger partial charge >= 0.3 is 7.12 Å². The van der Waals surface area contributed by atoms with Crippen molar-refractivity contribution in [1.82, 2.24) is 0 Å². The molecular weight excluding hydrogens is 211 g/mol. The first-order chi connectivity index (χ1) is 7.80. The molecule has 0 amide bonds. The summed E-state index contributed by atoms with van der Waals surface area (Å²) in [6.45, 7) is 10.5. The fraction of sp³-hybridized carbons (Fsp3) is 0.286. The van der Waals surface area contributed by atoms with Crippen molar-refractivity contribution in [3.63, 3.8) is 0 Å². The van der Waals surface area contributed by atoms with Gasteiger partial charge in [-0.1, -0.05) is 57.6 Å². The maximum Gasteiger partial charge on any atom is 0.480 e. The molecule has 1 aromatic rings. The summed E-state index contributed by atoms with van der Waals surface area (Å²) in [5.41, 5.74) is 3.10. The van der Waals surface area contributed by atoms with Crippen LogP contribution in [0.1, 0.15) is 31.9 Å². The Morgan fingerprint density at radius 2 is 1.94 bits per heavy atom. The van der Waals surface area contributed by atoms with Crippen LogP contribution in [-0.4, -0.2) is 17.2 Å². The predicted molar refractivity (Wildman–Crippen MR) is 74.2 cm³/mol. The fourth-order valence-electron chi connectivity index (χ4n) is 1.46. The number of benzene rings is 1. The second-order valence-corrected chi connectivity index (χ2v) is 5.13. The molecule has 0 saturated carbocycles. The Hall–Kier alpha value is -1.32. The Balaban J connectivity index is 2.98. The molecule has 0 aromatic heterocycles. The molecule has 0 aliphatic carbocycles. The van der Waals surface area contributed by atoms with Gasteiger partial charge in [-0.3, -0.25) is 0 Å². The average molecular weight is 230 g/mol. The normalized spacial score (nSPS) is 11.8. The SMILES string of the molecule is C=C(c1cccc(/C=C/B(O)O)c1)C(C)(C)C. The van der Waals surface area contributed by atoms with E-state index in [4.69, 9.17) is 10.0 Å². The highest BCUT2D eigenvalue weighted by Gasteiger charge is 2.16. The highest BCUT2D eigenvalue weighted by Crippen LogP contribution is 2.32. The van der Waals surface area contributed by atoms with Crippen LogP contribution in [0.15, 0.2) is 36.8 Å². The van der Waals surface area contributed by atoms with E-state index in [0.29, 0.717) is 0 Å². The summed E-state index contributed by atoms with van der Waals surface area (Å²) in [5, 5.41) is 17.5. The van der Waals surface area contributed by atoms with Crippen LogP contribution in [0.2, 0.25) is 0 Å². The fourth-order valence-corrected chi connectivity index (χ4v) is 1.46. The second kappa shape index (κ2) is 5.34. The van der Waals surface area contributed by atoms with Gasteiger partial charge in [0.1, 0.15) is 0 Å². The molecular formula is C14H19BO2. The highest BCUT2D eigenvalue weighted by molar-refractivity contribution is 6.48. The molecule has 90 valence electrons. The first kappa shape index (κ1) is 13.7. The van der Waals surface area contributed by atoms with E-state index < -0.39 is 7.12 Å². The molecule has 1 aromatic carbocycles. The summed E-state index contributed by atoms with van der Waals surface area (Å²) in [6, 6.07) is 7.86. The first-order valence-electron chi connectivity index (χ1n) is 5.65. The lowest BCUT2D eigenvalue weighted by Crippen LogP contribution is -2.07. The molecule has 2 nitrogen and oxygen atoms in total. The number of hydrogen-bond donors (Lipinski definition) is 2. The van der Waals surface area contributed by atoms with E-state index in [1.807, 2.05) is 24.3 Å². The lowest BCUT2D eigenvalue weighted by atomic mass is 9.82. The van der Waals surface area contributed by atoms with Crippen LogP contribution in [0.3, 0.4) is 0 Å². The topological polar surface area (TPSA) is 40.5 Å². The first-order valence-corrected chi connectivity index (χ1v) is 5.65. The zero-order valence-corrected chi connectivity index (χ0v) is 10.6. The summed E-state index contributed by atoms with van der Waals surface area (Å²) < 4.78 is 0. The molecule has 0 aliphatic rings. The summed E-state index contributed by atoms with van der Waals surface area (Å²) >= 11 is 0. The highest BCUT2D eigenvalue weighted by atomic mass is 16.4. The van der Waals surface area contributed by atoms with Gasteiger partial charge in [0.15, 0.2) is 0 Å². The average Bonchev–Trinajstić information content (AvgIpc) is 2.24. The van der Waals surface area contributed by atoms with Crippen molar-refractivity contribution < 1.29 is 10.0 Å². The van der Waals surface area contributed by atoms with Crippen LogP contribution >= 0.6 is 0 Å². The van der Waals surface area contributed by atoms with E-state index in [1.165, 1.54) is 5.98 Å². The van der Waals surface area contributed by atoms with Crippen molar-refractivity contribution in [2.75, 3.05) is 0 Å². The van der Waals surface area contributed by atoms with Crippen molar-refractivity contribution in [2.24, 2.45) is 5.41 Å². The molecule has 0 unspecified atom stereocenters. The van der Waals surface area contributed by atoms with Gasteiger partial charge in [0.25, 0.3) is 0 Å². The standard InChI is InChI=1S/C14H19BO2/c1-11(14(2,3)4)13-7-5-6-12(10-13)8-9-15(16)17/h5-10,16-17H,1H2,2-4H3/b9-8+. The van der Waals surface area contributed by atoms with Gasteiger partial charge in [0.2, 0.25) is 0 Å². The van der Waals surface area contributed by atoms with Crippen molar-refractivity contribution in [1.29, 1.82) is 0 Å². The maximum atomic E-state index is 8.77. The minimum atomic E-state index is -1.41. The van der Waals surface area contributed by atoms with Crippen LogP contribution in [0.4, 0.5) is 0 Å². The third kappa shape index (κ3) is 4.21. The lowest BCUT2D eigenvalue weighted by molar-refractivity contribution is 0.424. The Kier molecular flexibility index (Phi) is 4.32. The van der Waals surface area contributed by atoms with Crippen molar-refractivity contribution in [3.8, 4) is 0 Å². The Labute approximate surface area is 103 Å². The van der Waals surface area contributed by atoms with E-state index in [9.17, 15) is 0 Å². The molecule has 0 spiro atoms. The van der Waals surface area contributed by atoms with Crippen LogP contribution < -0.4 is 0 Å². The predicted octanol–water partition coefficient (Wildman–Crippen LogP) is 2.77. The minimum absolute atomic E-state index is 0.0266. The summed E-state index contributed by atoms with van der Waals surface area (Å²) in [5.74, 6) is 1.33. The van der Waals surface area contributed by atoms with E-state index in [1.54, 1.807) is 6.08 Å². The van der Waals surface area contributed by atoms with Crippen LogP contribution in [-0.2, 0) is 0 Å². The molecule has 2 N–H and O–H groups in total. The Bertz CT molecular complexity index is 428. The van der Waals surface area contributed by atoms with Crippen molar-refractivity contribution in [3.05, 3.63) is 47.9 Å². The zero-order chi connectivity index (χ0) is 13.1. The van der Waals surface area contributed by atoms with E-state index in [-0.39, 0.29) is 5.41 Å². The summed E-state index contributed by atoms with van der Waals surface area (Å²) in [6.07, 6.45) is 1.68. The molecule has 3 heteroatoms. The quantitative estimate of drug-likeness (QED) is 0.784. The Morgan fingerprint density at radius 1 is 1.29 bits per heavy atom. The van der Waals surface area contributed by atoms with Gasteiger partial charge in [-0.05, 0) is 28.2 Å². The van der Waals surface area contributed by atoms with Gasteiger partial charge in [0, 0.05) is 0 Å². The van der Waals surface area contributed by atoms with Crippen LogP contribution in [0.5, 0.6) is 0 Å². The summed E-state index contributed by atoms with van der Waals surface area (Å²) in [7, 11) is -1.41. The smallest absolute Gasteiger partial charge is 0.424 e. The van der Waals surface area contributed by atoms with Gasteiger partial charge in [0.05, 0.1) is 0 Å². The van der Waals surface area contributed by atoms with Crippen LogP contribution in [0, 0.1) is 5.41 Å². The van der Waals surface area contributed by atoms with E-state index in [0.717, 1.165) is 16.7 Å². The minimum Gasteiger partial charge on any atom is -0.424 e. The molecule has 0 aliphatic heterocycles. The molecule has 1 rings (SSSR count). The molecule has 0 fully saturated rings. The number of rotatable bonds is 3. The molecule has 17 heavy (non-hydrogen) atoms. The van der Waals surface area contributed by atoms with E-state index in [2.05, 4.69) is 27.4 Å². The molecule has 0 atom stereocenters. The van der Waals surface area contributed by atoms with E-state index >= 15 is 0 Å². The summed E-state index contributed by atoms with van der Waals surface area (Å²) in [4.78, 5) is 0. The Morgan fingerprint density at radius 3 is 2.47 bits per heavy atom. The molecule has 0 radical (unpaired) electrons. The monoisotopic (exact) mass is 230 g/mol. The van der Waals surface area contributed by atoms with Crippen molar-refractivity contribution in [2.45, 2.75) is 20.8 Å². The van der Waals surface area contributed by atoms with Gasteiger partial charge in [-0.25, -0.2) is 0 Å². The third-order valence-electron chi connectivity index (χ3n) is 2.60. The van der Waals surface area contributed by atoms with Gasteiger partial charge in [-0.15, -0.1) is 0 Å². The van der Waals surface area contributed by atoms with Crippen molar-refractivity contribution >= 4 is 18.8 Å². The van der Waals surface area contributed by atoms with Gasteiger partial charge in [-0.2, -0.15) is 0 Å². The third-order valence-corrected chi connectivity index (χ3v) is 2.60.